The molecule has 2 aliphatic heterocycles. The summed E-state index contributed by atoms with van der Waals surface area (Å²) in [7, 11) is 1.71. The molecule has 2 unspecified atom stereocenters. The summed E-state index contributed by atoms with van der Waals surface area (Å²) in [6.07, 6.45) is 0. The average molecular weight is 275 g/mol. The van der Waals surface area contributed by atoms with Crippen molar-refractivity contribution in [1.82, 2.24) is 4.90 Å². The molecule has 0 fully saturated rings. The lowest BCUT2D eigenvalue weighted by molar-refractivity contribution is 0.0446. The first-order valence-electron chi connectivity index (χ1n) is 6.99. The second kappa shape index (κ2) is 4.98. The molecule has 0 aliphatic carbocycles. The van der Waals surface area contributed by atoms with Crippen molar-refractivity contribution in [3.8, 4) is 5.75 Å². The second-order valence-electron chi connectivity index (χ2n) is 5.45. The highest BCUT2D eigenvalue weighted by molar-refractivity contribution is 5.81. The number of hydrogen-bond acceptors (Lipinski definition) is 5. The molecule has 1 spiro atoms. The zero-order valence-electron chi connectivity index (χ0n) is 12.0. The van der Waals surface area contributed by atoms with Crippen LogP contribution in [-0.4, -0.2) is 44.3 Å². The van der Waals surface area contributed by atoms with Gasteiger partial charge >= 0.3 is 0 Å². The van der Waals surface area contributed by atoms with E-state index in [2.05, 4.69) is 22.9 Å². The van der Waals surface area contributed by atoms with E-state index in [1.807, 2.05) is 18.2 Å². The lowest BCUT2D eigenvalue weighted by Gasteiger charge is -2.47. The molecule has 0 amide bonds. The summed E-state index contributed by atoms with van der Waals surface area (Å²) >= 11 is 0. The highest BCUT2D eigenvalue weighted by Crippen LogP contribution is 2.46. The molecular formula is C15H21N3O2. The van der Waals surface area contributed by atoms with Crippen molar-refractivity contribution >= 4 is 5.96 Å². The smallest absolute Gasteiger partial charge is 0.192 e. The number of nitrogens with zero attached hydrogens (tertiary/aromatic N) is 2. The number of fused-ring (bicyclic) bond motifs is 2. The Kier molecular flexibility index (Phi) is 3.30. The van der Waals surface area contributed by atoms with Gasteiger partial charge in [-0.1, -0.05) is 25.1 Å². The van der Waals surface area contributed by atoms with E-state index in [0.717, 1.165) is 12.3 Å². The molecule has 5 nitrogen and oxygen atoms in total. The van der Waals surface area contributed by atoms with E-state index >= 15 is 0 Å². The summed E-state index contributed by atoms with van der Waals surface area (Å²) in [5.41, 5.74) is 7.11. The van der Waals surface area contributed by atoms with Crippen LogP contribution in [0.5, 0.6) is 5.75 Å². The van der Waals surface area contributed by atoms with Gasteiger partial charge in [-0.25, -0.2) is 0 Å². The zero-order chi connectivity index (χ0) is 14.2. The molecule has 1 aromatic rings. The summed E-state index contributed by atoms with van der Waals surface area (Å²) in [5.74, 6) is 1.86. The fourth-order valence-electron chi connectivity index (χ4n) is 3.29. The van der Waals surface area contributed by atoms with Crippen LogP contribution in [0, 0.1) is 5.92 Å². The highest BCUT2D eigenvalue weighted by atomic mass is 16.5. The maximum Gasteiger partial charge on any atom is 0.192 e. The van der Waals surface area contributed by atoms with Crippen molar-refractivity contribution in [1.29, 1.82) is 0 Å². The summed E-state index contributed by atoms with van der Waals surface area (Å²) in [4.78, 5) is 6.69. The molecule has 0 saturated carbocycles. The molecule has 1 aromatic carbocycles. The first kappa shape index (κ1) is 13.2. The van der Waals surface area contributed by atoms with Gasteiger partial charge in [0.15, 0.2) is 5.96 Å². The predicted octanol–water partition coefficient (Wildman–Crippen LogP) is 1.19. The summed E-state index contributed by atoms with van der Waals surface area (Å²) in [6.45, 7) is 4.94. The van der Waals surface area contributed by atoms with E-state index in [0.29, 0.717) is 31.6 Å². The first-order valence-corrected chi connectivity index (χ1v) is 6.99. The molecule has 108 valence electrons. The molecule has 0 radical (unpaired) electrons. The van der Waals surface area contributed by atoms with Gasteiger partial charge in [0.25, 0.3) is 0 Å². The fourth-order valence-corrected chi connectivity index (χ4v) is 3.29. The van der Waals surface area contributed by atoms with E-state index < -0.39 is 0 Å². The molecular weight excluding hydrogens is 254 g/mol. The number of nitrogens with two attached hydrogens (primary N) is 1. The zero-order valence-corrected chi connectivity index (χ0v) is 12.0. The minimum atomic E-state index is -0.197. The van der Waals surface area contributed by atoms with E-state index in [9.17, 15) is 0 Å². The number of guanidine groups is 1. The van der Waals surface area contributed by atoms with Crippen LogP contribution in [0.3, 0.4) is 0 Å². The van der Waals surface area contributed by atoms with Crippen molar-refractivity contribution in [2.45, 2.75) is 12.5 Å². The van der Waals surface area contributed by atoms with Gasteiger partial charge < -0.3 is 20.1 Å². The Morgan fingerprint density at radius 3 is 3.10 bits per heavy atom. The molecule has 2 atom stereocenters. The molecule has 0 bridgehead atoms. The van der Waals surface area contributed by atoms with Crippen molar-refractivity contribution in [2.75, 3.05) is 33.4 Å². The third kappa shape index (κ3) is 1.77. The second-order valence-corrected chi connectivity index (χ2v) is 5.45. The molecule has 0 aromatic heterocycles. The molecule has 2 heterocycles. The first-order chi connectivity index (χ1) is 9.70. The Balaban J connectivity index is 2.05. The number of para-hydroxylation sites is 1. The predicted molar refractivity (Wildman–Crippen MR) is 77.9 cm³/mol. The number of benzene rings is 1. The van der Waals surface area contributed by atoms with Gasteiger partial charge in [-0.2, -0.15) is 0 Å². The van der Waals surface area contributed by atoms with Gasteiger partial charge in [0, 0.05) is 25.1 Å². The van der Waals surface area contributed by atoms with Gasteiger partial charge in [-0.15, -0.1) is 0 Å². The molecule has 5 heteroatoms. The summed E-state index contributed by atoms with van der Waals surface area (Å²) in [5, 5.41) is 0. The Morgan fingerprint density at radius 1 is 1.50 bits per heavy atom. The van der Waals surface area contributed by atoms with Gasteiger partial charge in [0.05, 0.1) is 25.3 Å². The van der Waals surface area contributed by atoms with Crippen LogP contribution < -0.4 is 10.5 Å². The Hall–Kier alpha value is -1.75. The van der Waals surface area contributed by atoms with Gasteiger partial charge in [-0.3, -0.25) is 4.99 Å². The Labute approximate surface area is 119 Å². The third-order valence-electron chi connectivity index (χ3n) is 4.42. The minimum Gasteiger partial charge on any atom is -0.493 e. The standard InChI is InChI=1S/C15H21N3O2/c1-11-9-20-13-6-4-3-5-12(13)15(11)10-17-14(16)18(15)7-8-19-2/h3-6,11H,7-10H2,1-2H3,(H2,16,17). The number of hydrogen-bond donors (Lipinski definition) is 1. The maximum atomic E-state index is 6.12. The van der Waals surface area contributed by atoms with Crippen molar-refractivity contribution in [3.05, 3.63) is 29.8 Å². The van der Waals surface area contributed by atoms with Crippen LogP contribution in [-0.2, 0) is 10.3 Å². The van der Waals surface area contributed by atoms with E-state index in [1.165, 1.54) is 5.56 Å². The number of rotatable bonds is 3. The third-order valence-corrected chi connectivity index (χ3v) is 4.42. The van der Waals surface area contributed by atoms with Gasteiger partial charge in [-0.05, 0) is 6.07 Å². The number of methoxy groups -OCH3 is 1. The van der Waals surface area contributed by atoms with E-state index in [4.69, 9.17) is 15.2 Å². The number of ether oxygens (including phenoxy) is 2. The largest absolute Gasteiger partial charge is 0.493 e. The average Bonchev–Trinajstić information content (AvgIpc) is 2.79. The topological polar surface area (TPSA) is 60.1 Å². The van der Waals surface area contributed by atoms with Crippen LogP contribution in [0.4, 0.5) is 0 Å². The SMILES string of the molecule is COCCN1C(N)=NCC12c1ccccc1OCC2C. The molecule has 2 aliphatic rings. The highest BCUT2D eigenvalue weighted by Gasteiger charge is 2.51. The van der Waals surface area contributed by atoms with Crippen LogP contribution >= 0.6 is 0 Å². The van der Waals surface area contributed by atoms with Crippen LogP contribution in [0.1, 0.15) is 12.5 Å². The number of aliphatic imine (C=N–C) groups is 1. The van der Waals surface area contributed by atoms with E-state index in [1.54, 1.807) is 7.11 Å². The minimum absolute atomic E-state index is 0.197. The summed E-state index contributed by atoms with van der Waals surface area (Å²) in [6, 6.07) is 8.19. The maximum absolute atomic E-state index is 6.12. The lowest BCUT2D eigenvalue weighted by Crippen LogP contribution is -2.57. The van der Waals surface area contributed by atoms with Gasteiger partial charge in [0.1, 0.15) is 5.75 Å². The van der Waals surface area contributed by atoms with Crippen LogP contribution in [0.15, 0.2) is 29.3 Å². The van der Waals surface area contributed by atoms with Crippen LogP contribution in [0.2, 0.25) is 0 Å². The normalized spacial score (nSPS) is 28.2. The van der Waals surface area contributed by atoms with Crippen molar-refractivity contribution in [3.63, 3.8) is 0 Å². The lowest BCUT2D eigenvalue weighted by atomic mass is 9.76. The molecule has 0 saturated heterocycles. The van der Waals surface area contributed by atoms with Gasteiger partial charge in [0.2, 0.25) is 0 Å². The molecule has 20 heavy (non-hydrogen) atoms. The van der Waals surface area contributed by atoms with Crippen LogP contribution in [0.25, 0.3) is 0 Å². The quantitative estimate of drug-likeness (QED) is 0.900. The monoisotopic (exact) mass is 275 g/mol. The summed E-state index contributed by atoms with van der Waals surface area (Å²) < 4.78 is 11.1. The molecule has 3 rings (SSSR count). The Morgan fingerprint density at radius 2 is 2.30 bits per heavy atom. The van der Waals surface area contributed by atoms with Crippen molar-refractivity contribution < 1.29 is 9.47 Å². The Bertz CT molecular complexity index is 532. The molecule has 2 N–H and O–H groups in total. The van der Waals surface area contributed by atoms with E-state index in [-0.39, 0.29) is 5.54 Å². The van der Waals surface area contributed by atoms with Crippen molar-refractivity contribution in [2.24, 2.45) is 16.6 Å². The fraction of sp³-hybridized carbons (Fsp3) is 0.533.